The van der Waals surface area contributed by atoms with Crippen LogP contribution in [0.15, 0.2) is 0 Å². The number of rotatable bonds is 5. The molecule has 0 amide bonds. The summed E-state index contributed by atoms with van der Waals surface area (Å²) in [5.74, 6) is 1.11. The fourth-order valence-corrected chi connectivity index (χ4v) is 3.09. The Labute approximate surface area is 96.1 Å². The number of ether oxygens (including phenoxy) is 2. The minimum atomic E-state index is -0.514. The maximum Gasteiger partial charge on any atom is 0.172 e. The first-order chi connectivity index (χ1) is 7.01. The minimum absolute atomic E-state index is 0.295. The van der Waals surface area contributed by atoms with Crippen molar-refractivity contribution in [3.8, 4) is 6.07 Å². The Kier molecular flexibility index (Phi) is 4.05. The number of hydrogen-bond donors (Lipinski definition) is 0. The topological polar surface area (TPSA) is 42.2 Å². The van der Waals surface area contributed by atoms with E-state index in [1.54, 1.807) is 26.0 Å². The predicted octanol–water partition coefficient (Wildman–Crippen LogP) is 2.42. The molecule has 0 aromatic heterocycles. The highest BCUT2D eigenvalue weighted by atomic mass is 32.2. The standard InChI is InChI=1S/C11H19NO2S/c1-9(2)5-15-10(8-12)6-11(7-10,13-3)14-4/h9H,5-7H2,1-4H3. The summed E-state index contributed by atoms with van der Waals surface area (Å²) in [5, 5.41) is 9.19. The second-order valence-corrected chi connectivity index (χ2v) is 5.89. The molecule has 1 aliphatic rings. The molecule has 0 bridgehead atoms. The highest BCUT2D eigenvalue weighted by molar-refractivity contribution is 8.01. The van der Waals surface area contributed by atoms with Crippen LogP contribution in [-0.4, -0.2) is 30.5 Å². The summed E-state index contributed by atoms with van der Waals surface area (Å²) >= 11 is 1.73. The molecular weight excluding hydrogens is 210 g/mol. The minimum Gasteiger partial charge on any atom is -0.353 e. The molecule has 0 aromatic rings. The van der Waals surface area contributed by atoms with Gasteiger partial charge in [0.25, 0.3) is 0 Å². The van der Waals surface area contributed by atoms with E-state index in [2.05, 4.69) is 19.9 Å². The third-order valence-corrected chi connectivity index (χ3v) is 4.52. The van der Waals surface area contributed by atoms with Crippen molar-refractivity contribution in [2.24, 2.45) is 5.92 Å². The quantitative estimate of drug-likeness (QED) is 0.679. The monoisotopic (exact) mass is 229 g/mol. The van der Waals surface area contributed by atoms with Crippen molar-refractivity contribution in [2.75, 3.05) is 20.0 Å². The molecule has 0 radical (unpaired) electrons. The Morgan fingerprint density at radius 3 is 2.20 bits per heavy atom. The molecular formula is C11H19NO2S. The highest BCUT2D eigenvalue weighted by Gasteiger charge is 2.57. The van der Waals surface area contributed by atoms with Crippen LogP contribution in [0.2, 0.25) is 0 Å². The summed E-state index contributed by atoms with van der Waals surface area (Å²) in [7, 11) is 3.27. The van der Waals surface area contributed by atoms with Crippen molar-refractivity contribution in [1.29, 1.82) is 5.26 Å². The van der Waals surface area contributed by atoms with Crippen molar-refractivity contribution in [3.05, 3.63) is 0 Å². The zero-order chi connectivity index (χ0) is 11.5. The third kappa shape index (κ3) is 2.66. The van der Waals surface area contributed by atoms with Crippen molar-refractivity contribution in [2.45, 2.75) is 37.2 Å². The SMILES string of the molecule is COC1(OC)CC(C#N)(SCC(C)C)C1. The van der Waals surface area contributed by atoms with Crippen LogP contribution in [-0.2, 0) is 9.47 Å². The summed E-state index contributed by atoms with van der Waals surface area (Å²) < 4.78 is 10.3. The van der Waals surface area contributed by atoms with Crippen molar-refractivity contribution < 1.29 is 9.47 Å². The highest BCUT2D eigenvalue weighted by Crippen LogP contribution is 2.52. The summed E-state index contributed by atoms with van der Waals surface area (Å²) in [6.45, 7) is 4.33. The zero-order valence-electron chi connectivity index (χ0n) is 9.87. The molecule has 1 rings (SSSR count). The number of thioether (sulfide) groups is 1. The van der Waals surface area contributed by atoms with Crippen molar-refractivity contribution in [3.63, 3.8) is 0 Å². The van der Waals surface area contributed by atoms with Crippen LogP contribution in [0.4, 0.5) is 0 Å². The molecule has 15 heavy (non-hydrogen) atoms. The molecule has 0 heterocycles. The third-order valence-electron chi connectivity index (χ3n) is 2.75. The molecule has 3 nitrogen and oxygen atoms in total. The van der Waals surface area contributed by atoms with Gasteiger partial charge >= 0.3 is 0 Å². The first-order valence-corrected chi connectivity index (χ1v) is 6.15. The second-order valence-electron chi connectivity index (χ2n) is 4.48. The fraction of sp³-hybridized carbons (Fsp3) is 0.909. The van der Waals surface area contributed by atoms with E-state index in [-0.39, 0.29) is 4.75 Å². The average Bonchev–Trinajstić information content (AvgIpc) is 2.18. The normalized spacial score (nSPS) is 22.1. The number of hydrogen-bond acceptors (Lipinski definition) is 4. The molecule has 0 aromatic carbocycles. The predicted molar refractivity (Wildman–Crippen MR) is 61.6 cm³/mol. The van der Waals surface area contributed by atoms with Gasteiger partial charge in [-0.15, -0.1) is 11.8 Å². The fourth-order valence-electron chi connectivity index (χ4n) is 1.73. The van der Waals surface area contributed by atoms with Crippen LogP contribution in [0.25, 0.3) is 0 Å². The van der Waals surface area contributed by atoms with Gasteiger partial charge < -0.3 is 9.47 Å². The van der Waals surface area contributed by atoms with Gasteiger partial charge in [-0.3, -0.25) is 0 Å². The molecule has 86 valence electrons. The Morgan fingerprint density at radius 1 is 1.33 bits per heavy atom. The molecule has 0 N–H and O–H groups in total. The van der Waals surface area contributed by atoms with E-state index in [0.717, 1.165) is 5.75 Å². The van der Waals surface area contributed by atoms with Crippen molar-refractivity contribution >= 4 is 11.8 Å². The largest absolute Gasteiger partial charge is 0.353 e. The Hall–Kier alpha value is -0.240. The van der Waals surface area contributed by atoms with E-state index in [9.17, 15) is 5.26 Å². The Bertz CT molecular complexity index is 248. The lowest BCUT2D eigenvalue weighted by Crippen LogP contribution is -2.56. The van der Waals surface area contributed by atoms with Gasteiger partial charge in [0.1, 0.15) is 4.75 Å². The first-order valence-electron chi connectivity index (χ1n) is 5.17. The lowest BCUT2D eigenvalue weighted by atomic mass is 9.78. The summed E-state index contributed by atoms with van der Waals surface area (Å²) in [4.78, 5) is 0. The van der Waals surface area contributed by atoms with E-state index >= 15 is 0 Å². The molecule has 0 aliphatic heterocycles. The van der Waals surface area contributed by atoms with Gasteiger partial charge in [-0.2, -0.15) is 5.26 Å². The van der Waals surface area contributed by atoms with Gasteiger partial charge in [0.2, 0.25) is 0 Å². The van der Waals surface area contributed by atoms with E-state index in [4.69, 9.17) is 9.47 Å². The van der Waals surface area contributed by atoms with Crippen LogP contribution >= 0.6 is 11.8 Å². The number of nitriles is 1. The van der Waals surface area contributed by atoms with Crippen molar-refractivity contribution in [1.82, 2.24) is 0 Å². The zero-order valence-corrected chi connectivity index (χ0v) is 10.7. The summed E-state index contributed by atoms with van der Waals surface area (Å²) in [6, 6.07) is 2.40. The van der Waals surface area contributed by atoms with Gasteiger partial charge in [-0.05, 0) is 11.7 Å². The van der Waals surface area contributed by atoms with Gasteiger partial charge in [0.15, 0.2) is 5.79 Å². The second kappa shape index (κ2) is 4.73. The average molecular weight is 229 g/mol. The molecule has 4 heteroatoms. The lowest BCUT2D eigenvalue weighted by Gasteiger charge is -2.49. The van der Waals surface area contributed by atoms with Crippen LogP contribution in [0.5, 0.6) is 0 Å². The van der Waals surface area contributed by atoms with Crippen LogP contribution in [0.1, 0.15) is 26.7 Å². The van der Waals surface area contributed by atoms with Gasteiger partial charge in [-0.25, -0.2) is 0 Å². The Morgan fingerprint density at radius 2 is 1.87 bits per heavy atom. The van der Waals surface area contributed by atoms with E-state index < -0.39 is 5.79 Å². The molecule has 0 atom stereocenters. The molecule has 1 saturated carbocycles. The number of methoxy groups -OCH3 is 2. The Balaban J connectivity index is 2.52. The summed E-state index contributed by atoms with van der Waals surface area (Å²) in [6.07, 6.45) is 1.34. The maximum absolute atomic E-state index is 9.19. The van der Waals surface area contributed by atoms with Crippen LogP contribution < -0.4 is 0 Å². The van der Waals surface area contributed by atoms with Gasteiger partial charge in [0.05, 0.1) is 6.07 Å². The first kappa shape index (κ1) is 12.8. The molecule has 0 unspecified atom stereocenters. The van der Waals surface area contributed by atoms with Gasteiger partial charge in [0, 0.05) is 27.1 Å². The lowest BCUT2D eigenvalue weighted by molar-refractivity contribution is -0.255. The van der Waals surface area contributed by atoms with E-state index in [1.165, 1.54) is 0 Å². The number of nitrogens with zero attached hydrogens (tertiary/aromatic N) is 1. The molecule has 0 spiro atoms. The summed E-state index contributed by atoms with van der Waals surface area (Å²) in [5.41, 5.74) is 0. The molecule has 1 fully saturated rings. The molecule has 0 saturated heterocycles. The maximum atomic E-state index is 9.19. The van der Waals surface area contributed by atoms with E-state index in [0.29, 0.717) is 18.8 Å². The molecule has 1 aliphatic carbocycles. The van der Waals surface area contributed by atoms with E-state index in [1.807, 2.05) is 0 Å². The smallest absolute Gasteiger partial charge is 0.172 e. The van der Waals surface area contributed by atoms with Gasteiger partial charge in [-0.1, -0.05) is 13.8 Å². The van der Waals surface area contributed by atoms with Crippen LogP contribution in [0, 0.1) is 17.2 Å². The van der Waals surface area contributed by atoms with Crippen LogP contribution in [0.3, 0.4) is 0 Å².